The minimum Gasteiger partial charge on any atom is -0.399 e. The fourth-order valence-corrected chi connectivity index (χ4v) is 2.19. The smallest absolute Gasteiger partial charge is 0.151 e. The van der Waals surface area contributed by atoms with Crippen LogP contribution in [-0.2, 0) is 0 Å². The van der Waals surface area contributed by atoms with Crippen molar-refractivity contribution in [2.45, 2.75) is 6.92 Å². The highest BCUT2D eigenvalue weighted by Gasteiger charge is 2.12. The van der Waals surface area contributed by atoms with E-state index in [0.717, 1.165) is 23.2 Å². The summed E-state index contributed by atoms with van der Waals surface area (Å²) in [7, 11) is 0. The molecule has 21 heavy (non-hydrogen) atoms. The minimum atomic E-state index is -0.739. The number of aromatic nitrogens is 1. The van der Waals surface area contributed by atoms with Gasteiger partial charge in [-0.1, -0.05) is 18.2 Å². The zero-order valence-electron chi connectivity index (χ0n) is 11.3. The van der Waals surface area contributed by atoms with Crippen LogP contribution in [0.4, 0.5) is 25.8 Å². The third-order valence-corrected chi connectivity index (χ3v) is 3.18. The molecule has 0 aliphatic heterocycles. The lowest BCUT2D eigenvalue weighted by Crippen LogP contribution is -2.01. The number of benzene rings is 2. The van der Waals surface area contributed by atoms with Crippen LogP contribution in [0.15, 0.2) is 42.5 Å². The molecule has 0 saturated heterocycles. The Morgan fingerprint density at radius 3 is 2.48 bits per heavy atom. The number of hydrogen-bond donors (Lipinski definition) is 2. The maximum atomic E-state index is 13.9. The van der Waals surface area contributed by atoms with E-state index in [-0.39, 0.29) is 11.4 Å². The average molecular weight is 285 g/mol. The molecule has 0 aliphatic rings. The molecule has 0 bridgehead atoms. The Balaban J connectivity index is 2.12. The monoisotopic (exact) mass is 285 g/mol. The highest BCUT2D eigenvalue weighted by Crippen LogP contribution is 2.29. The summed E-state index contributed by atoms with van der Waals surface area (Å²) in [5.74, 6) is -1.48. The summed E-state index contributed by atoms with van der Waals surface area (Å²) >= 11 is 0. The van der Waals surface area contributed by atoms with Gasteiger partial charge in [-0.05, 0) is 31.2 Å². The van der Waals surface area contributed by atoms with E-state index in [2.05, 4.69) is 10.3 Å². The number of rotatable bonds is 2. The lowest BCUT2D eigenvalue weighted by Gasteiger charge is -2.12. The van der Waals surface area contributed by atoms with Gasteiger partial charge in [-0.15, -0.1) is 0 Å². The zero-order chi connectivity index (χ0) is 15.0. The molecule has 0 saturated carbocycles. The fourth-order valence-electron chi connectivity index (χ4n) is 2.19. The lowest BCUT2D eigenvalue weighted by molar-refractivity contribution is 0.592. The molecule has 0 atom stereocenters. The maximum Gasteiger partial charge on any atom is 0.151 e. The first kappa shape index (κ1) is 13.3. The van der Waals surface area contributed by atoms with Crippen molar-refractivity contribution in [1.29, 1.82) is 0 Å². The number of anilines is 3. The molecule has 0 amide bonds. The minimum absolute atomic E-state index is 0.0439. The number of fused-ring (bicyclic) bond motifs is 1. The number of nitrogens with zero attached hydrogens (tertiary/aromatic N) is 1. The van der Waals surface area contributed by atoms with Crippen LogP contribution < -0.4 is 11.1 Å². The summed E-state index contributed by atoms with van der Waals surface area (Å²) in [4.78, 5) is 4.42. The summed E-state index contributed by atoms with van der Waals surface area (Å²) in [6.07, 6.45) is 0. The van der Waals surface area contributed by atoms with Crippen molar-refractivity contribution in [3.63, 3.8) is 0 Å². The van der Waals surface area contributed by atoms with Gasteiger partial charge in [0.15, 0.2) is 11.6 Å². The summed E-state index contributed by atoms with van der Waals surface area (Å²) in [5.41, 5.74) is 7.25. The molecule has 0 unspecified atom stereocenters. The molecule has 1 aromatic heterocycles. The van der Waals surface area contributed by atoms with Gasteiger partial charge in [0.25, 0.3) is 0 Å². The molecule has 0 radical (unpaired) electrons. The van der Waals surface area contributed by atoms with Gasteiger partial charge in [0.05, 0.1) is 11.2 Å². The molecule has 106 valence electrons. The van der Waals surface area contributed by atoms with Crippen LogP contribution in [-0.4, -0.2) is 4.98 Å². The molecular formula is C16H13F2N3. The standard InChI is InChI=1S/C16H13F2N3/c1-9-5-6-10-3-2-4-14(15(10)20-9)21-16-12(17)7-11(19)8-13(16)18/h2-8,21H,19H2,1H3. The van der Waals surface area contributed by atoms with Crippen molar-refractivity contribution in [2.75, 3.05) is 11.1 Å². The van der Waals surface area contributed by atoms with Crippen LogP contribution in [0.3, 0.4) is 0 Å². The second-order valence-corrected chi connectivity index (χ2v) is 4.81. The summed E-state index contributed by atoms with van der Waals surface area (Å²) in [6, 6.07) is 11.4. The van der Waals surface area contributed by atoms with E-state index in [1.54, 1.807) is 12.1 Å². The SMILES string of the molecule is Cc1ccc2cccc(Nc3c(F)cc(N)cc3F)c2n1. The van der Waals surface area contributed by atoms with Gasteiger partial charge >= 0.3 is 0 Å². The summed E-state index contributed by atoms with van der Waals surface area (Å²) in [6.45, 7) is 1.86. The van der Waals surface area contributed by atoms with E-state index in [1.807, 2.05) is 25.1 Å². The molecule has 1 heterocycles. The molecule has 3 nitrogen and oxygen atoms in total. The van der Waals surface area contributed by atoms with Crippen LogP contribution >= 0.6 is 0 Å². The Bertz CT molecular complexity index is 808. The topological polar surface area (TPSA) is 50.9 Å². The van der Waals surface area contributed by atoms with Gasteiger partial charge in [-0.2, -0.15) is 0 Å². The summed E-state index contributed by atoms with van der Waals surface area (Å²) < 4.78 is 27.7. The van der Waals surface area contributed by atoms with Crippen LogP contribution in [0, 0.1) is 18.6 Å². The first-order valence-corrected chi connectivity index (χ1v) is 6.42. The molecule has 3 aromatic rings. The van der Waals surface area contributed by atoms with Crippen molar-refractivity contribution in [3.05, 3.63) is 59.8 Å². The Morgan fingerprint density at radius 1 is 1.05 bits per heavy atom. The van der Waals surface area contributed by atoms with Crippen molar-refractivity contribution in [1.82, 2.24) is 4.98 Å². The van der Waals surface area contributed by atoms with Crippen molar-refractivity contribution in [2.24, 2.45) is 0 Å². The van der Waals surface area contributed by atoms with E-state index in [9.17, 15) is 8.78 Å². The molecular weight excluding hydrogens is 272 g/mol. The van der Waals surface area contributed by atoms with Crippen LogP contribution in [0.1, 0.15) is 5.69 Å². The molecule has 5 heteroatoms. The second-order valence-electron chi connectivity index (χ2n) is 4.81. The van der Waals surface area contributed by atoms with Crippen LogP contribution in [0.5, 0.6) is 0 Å². The Kier molecular flexibility index (Phi) is 3.17. The van der Waals surface area contributed by atoms with E-state index in [1.165, 1.54) is 0 Å². The van der Waals surface area contributed by atoms with Crippen molar-refractivity contribution in [3.8, 4) is 0 Å². The van der Waals surface area contributed by atoms with Crippen molar-refractivity contribution < 1.29 is 8.78 Å². The number of pyridine rings is 1. The number of hydrogen-bond acceptors (Lipinski definition) is 3. The highest BCUT2D eigenvalue weighted by atomic mass is 19.1. The number of nitrogens with one attached hydrogen (secondary N) is 1. The second kappa shape index (κ2) is 5.01. The highest BCUT2D eigenvalue weighted by molar-refractivity contribution is 5.92. The number of aryl methyl sites for hydroxylation is 1. The molecule has 0 fully saturated rings. The summed E-state index contributed by atoms with van der Waals surface area (Å²) in [5, 5.41) is 3.66. The van der Waals surface area contributed by atoms with Crippen LogP contribution in [0.25, 0.3) is 10.9 Å². The number of para-hydroxylation sites is 1. The predicted molar refractivity (Wildman–Crippen MR) is 80.5 cm³/mol. The third kappa shape index (κ3) is 2.50. The lowest BCUT2D eigenvalue weighted by atomic mass is 10.1. The first-order chi connectivity index (χ1) is 10.0. The molecule has 2 aromatic carbocycles. The molecule has 0 spiro atoms. The fraction of sp³-hybridized carbons (Fsp3) is 0.0625. The van der Waals surface area contributed by atoms with Gasteiger partial charge in [0.1, 0.15) is 5.69 Å². The third-order valence-electron chi connectivity index (χ3n) is 3.18. The van der Waals surface area contributed by atoms with Gasteiger partial charge in [-0.3, -0.25) is 4.98 Å². The van der Waals surface area contributed by atoms with E-state index in [4.69, 9.17) is 5.73 Å². The Hall–Kier alpha value is -2.69. The van der Waals surface area contributed by atoms with Gasteiger partial charge < -0.3 is 11.1 Å². The van der Waals surface area contributed by atoms with Crippen molar-refractivity contribution >= 4 is 28.0 Å². The van der Waals surface area contributed by atoms with E-state index >= 15 is 0 Å². The molecule has 3 rings (SSSR count). The number of halogens is 2. The Morgan fingerprint density at radius 2 is 1.76 bits per heavy atom. The number of nitrogens with two attached hydrogens (primary N) is 1. The largest absolute Gasteiger partial charge is 0.399 e. The number of nitrogen functional groups attached to an aromatic ring is 1. The average Bonchev–Trinajstić information content (AvgIpc) is 2.43. The van der Waals surface area contributed by atoms with Gasteiger partial charge in [0.2, 0.25) is 0 Å². The zero-order valence-corrected chi connectivity index (χ0v) is 11.3. The molecule has 0 aliphatic carbocycles. The van der Waals surface area contributed by atoms with E-state index < -0.39 is 11.6 Å². The predicted octanol–water partition coefficient (Wildman–Crippen LogP) is 4.15. The normalized spacial score (nSPS) is 10.8. The van der Waals surface area contributed by atoms with Gasteiger partial charge in [-0.25, -0.2) is 8.78 Å². The maximum absolute atomic E-state index is 13.9. The van der Waals surface area contributed by atoms with Crippen LogP contribution in [0.2, 0.25) is 0 Å². The Labute approximate surface area is 120 Å². The first-order valence-electron chi connectivity index (χ1n) is 6.42. The quantitative estimate of drug-likeness (QED) is 0.695. The van der Waals surface area contributed by atoms with Gasteiger partial charge in [0, 0.05) is 16.8 Å². The van der Waals surface area contributed by atoms with E-state index in [0.29, 0.717) is 11.2 Å². The molecule has 3 N–H and O–H groups in total.